The summed E-state index contributed by atoms with van der Waals surface area (Å²) < 4.78 is 53.6. The summed E-state index contributed by atoms with van der Waals surface area (Å²) in [6, 6.07) is 4.11. The summed E-state index contributed by atoms with van der Waals surface area (Å²) >= 11 is 5.99. The lowest BCUT2D eigenvalue weighted by atomic mass is 10.1. The summed E-state index contributed by atoms with van der Waals surface area (Å²) in [5.41, 5.74) is -0.175. The van der Waals surface area contributed by atoms with Crippen LogP contribution >= 0.6 is 11.6 Å². The number of furan rings is 1. The lowest BCUT2D eigenvalue weighted by Gasteiger charge is -2.16. The van der Waals surface area contributed by atoms with Gasteiger partial charge in [0.25, 0.3) is 5.91 Å². The van der Waals surface area contributed by atoms with Gasteiger partial charge in [0.1, 0.15) is 28.8 Å². The summed E-state index contributed by atoms with van der Waals surface area (Å²) in [4.78, 5) is 32.4. The molecule has 1 aromatic carbocycles. The number of alkyl halides is 3. The second kappa shape index (κ2) is 9.43. The Balaban J connectivity index is 1.81. The van der Waals surface area contributed by atoms with Crippen molar-refractivity contribution in [3.63, 3.8) is 0 Å². The molecule has 1 N–H and O–H groups in total. The van der Waals surface area contributed by atoms with E-state index in [0.717, 1.165) is 6.07 Å². The van der Waals surface area contributed by atoms with E-state index in [4.69, 9.17) is 20.8 Å². The Morgan fingerprint density at radius 3 is 2.69 bits per heavy atom. The number of halogens is 4. The number of rotatable bonds is 7. The zero-order chi connectivity index (χ0) is 23.5. The molecule has 0 aliphatic rings. The number of hydrogen-bond acceptors (Lipinski definition) is 7. The van der Waals surface area contributed by atoms with Crippen molar-refractivity contribution in [2.24, 2.45) is 0 Å². The molecule has 3 aromatic rings. The van der Waals surface area contributed by atoms with Crippen molar-refractivity contribution >= 4 is 34.4 Å². The van der Waals surface area contributed by atoms with Gasteiger partial charge in [0.05, 0.1) is 13.2 Å². The highest BCUT2D eigenvalue weighted by Crippen LogP contribution is 2.30. The first-order chi connectivity index (χ1) is 15.1. The summed E-state index contributed by atoms with van der Waals surface area (Å²) in [6.07, 6.45) is -4.49. The molecular formula is C20H17ClF3N3O5. The number of hydrogen-bond donors (Lipinski definition) is 1. The molecule has 1 unspecified atom stereocenters. The topological polar surface area (TPSA) is 104 Å². The van der Waals surface area contributed by atoms with Gasteiger partial charge in [-0.2, -0.15) is 13.2 Å². The molecule has 170 valence electrons. The minimum atomic E-state index is -4.71. The van der Waals surface area contributed by atoms with Crippen LogP contribution in [-0.4, -0.2) is 40.7 Å². The Bertz CT molecular complexity index is 1150. The Morgan fingerprint density at radius 2 is 2.00 bits per heavy atom. The number of ether oxygens (including phenoxy) is 2. The Labute approximate surface area is 184 Å². The first kappa shape index (κ1) is 23.3. The minimum Gasteiger partial charge on any atom is -0.477 e. The van der Waals surface area contributed by atoms with Gasteiger partial charge in [-0.15, -0.1) is 0 Å². The van der Waals surface area contributed by atoms with Crippen molar-refractivity contribution in [2.45, 2.75) is 32.7 Å². The molecule has 0 saturated carbocycles. The Morgan fingerprint density at radius 1 is 1.25 bits per heavy atom. The first-order valence-corrected chi connectivity index (χ1v) is 9.68. The van der Waals surface area contributed by atoms with E-state index in [2.05, 4.69) is 20.0 Å². The SMILES string of the molecule is CCOc1ncncc1C(=O)NCc1cc2cc(Cl)cc(C(=O)OC(C)C(F)(F)F)c2o1. The molecule has 1 atom stereocenters. The smallest absolute Gasteiger partial charge is 0.425 e. The monoisotopic (exact) mass is 471 g/mol. The fourth-order valence-corrected chi connectivity index (χ4v) is 2.91. The number of esters is 1. The second-order valence-corrected chi connectivity index (χ2v) is 6.97. The lowest BCUT2D eigenvalue weighted by Crippen LogP contribution is -2.30. The van der Waals surface area contributed by atoms with Gasteiger partial charge >= 0.3 is 12.1 Å². The molecule has 0 aliphatic carbocycles. The van der Waals surface area contributed by atoms with E-state index in [9.17, 15) is 22.8 Å². The molecule has 1 amide bonds. The largest absolute Gasteiger partial charge is 0.477 e. The van der Waals surface area contributed by atoms with Crippen LogP contribution in [-0.2, 0) is 11.3 Å². The third kappa shape index (κ3) is 5.28. The van der Waals surface area contributed by atoms with E-state index in [0.29, 0.717) is 18.9 Å². The molecule has 2 aromatic heterocycles. The number of carbonyl (C=O) groups is 2. The first-order valence-electron chi connectivity index (χ1n) is 9.30. The number of aromatic nitrogens is 2. The van der Waals surface area contributed by atoms with E-state index in [-0.39, 0.29) is 39.9 Å². The highest BCUT2D eigenvalue weighted by atomic mass is 35.5. The van der Waals surface area contributed by atoms with E-state index >= 15 is 0 Å². The second-order valence-electron chi connectivity index (χ2n) is 6.53. The molecule has 0 fully saturated rings. The summed E-state index contributed by atoms with van der Waals surface area (Å²) in [7, 11) is 0. The van der Waals surface area contributed by atoms with Crippen LogP contribution in [0.3, 0.4) is 0 Å². The van der Waals surface area contributed by atoms with Gasteiger partial charge < -0.3 is 19.2 Å². The quantitative estimate of drug-likeness (QED) is 0.512. The summed E-state index contributed by atoms with van der Waals surface area (Å²) in [6.45, 7) is 2.65. The molecular weight excluding hydrogens is 455 g/mol. The fraction of sp³-hybridized carbons (Fsp3) is 0.300. The van der Waals surface area contributed by atoms with Crippen LogP contribution in [0.2, 0.25) is 5.02 Å². The summed E-state index contributed by atoms with van der Waals surface area (Å²) in [5, 5.41) is 3.05. The molecule has 0 radical (unpaired) electrons. The van der Waals surface area contributed by atoms with Crippen molar-refractivity contribution in [3.8, 4) is 5.88 Å². The lowest BCUT2D eigenvalue weighted by molar-refractivity contribution is -0.198. The number of amides is 1. The Hall–Kier alpha value is -3.34. The maximum Gasteiger partial charge on any atom is 0.425 e. The summed E-state index contributed by atoms with van der Waals surface area (Å²) in [5.74, 6) is -1.44. The number of benzene rings is 1. The van der Waals surface area contributed by atoms with Crippen molar-refractivity contribution in [1.29, 1.82) is 0 Å². The van der Waals surface area contributed by atoms with Crippen molar-refractivity contribution in [3.05, 3.63) is 52.6 Å². The third-order valence-electron chi connectivity index (χ3n) is 4.22. The van der Waals surface area contributed by atoms with Gasteiger partial charge in [-0.1, -0.05) is 11.6 Å². The van der Waals surface area contributed by atoms with Gasteiger partial charge in [0.2, 0.25) is 5.88 Å². The van der Waals surface area contributed by atoms with Crippen molar-refractivity contribution < 1.29 is 36.7 Å². The average molecular weight is 472 g/mol. The standard InChI is InChI=1S/C20H17ClF3N3O5/c1-3-30-18-15(8-25-9-27-18)17(28)26-7-13-5-11-4-12(21)6-14(16(11)32-13)19(29)31-10(2)20(22,23)24/h4-6,8-10H,3,7H2,1-2H3,(H,26,28). The van der Waals surface area contributed by atoms with E-state index in [1.54, 1.807) is 6.92 Å². The highest BCUT2D eigenvalue weighted by molar-refractivity contribution is 6.32. The fourth-order valence-electron chi connectivity index (χ4n) is 2.69. The minimum absolute atomic E-state index is 0.0175. The number of fused-ring (bicyclic) bond motifs is 1. The van der Waals surface area contributed by atoms with E-state index in [1.807, 2.05) is 0 Å². The van der Waals surface area contributed by atoms with Crippen LogP contribution in [0.5, 0.6) is 5.88 Å². The molecule has 0 aliphatic heterocycles. The normalized spacial score (nSPS) is 12.4. The van der Waals surface area contributed by atoms with Crippen LogP contribution in [0.15, 0.2) is 35.1 Å². The van der Waals surface area contributed by atoms with Gasteiger partial charge in [-0.05, 0) is 32.0 Å². The maximum absolute atomic E-state index is 12.7. The van der Waals surface area contributed by atoms with Crippen LogP contribution in [0, 0.1) is 0 Å². The average Bonchev–Trinajstić information content (AvgIpc) is 3.14. The van der Waals surface area contributed by atoms with Crippen LogP contribution in [0.4, 0.5) is 13.2 Å². The molecule has 12 heteroatoms. The molecule has 8 nitrogen and oxygen atoms in total. The highest BCUT2D eigenvalue weighted by Gasteiger charge is 2.39. The van der Waals surface area contributed by atoms with Crippen LogP contribution < -0.4 is 10.1 Å². The van der Waals surface area contributed by atoms with Gasteiger partial charge in [-0.3, -0.25) is 4.79 Å². The van der Waals surface area contributed by atoms with E-state index < -0.39 is 24.2 Å². The Kier molecular flexibility index (Phi) is 6.87. The predicted molar refractivity (Wildman–Crippen MR) is 107 cm³/mol. The van der Waals surface area contributed by atoms with Gasteiger partial charge in [-0.25, -0.2) is 14.8 Å². The number of nitrogens with one attached hydrogen (secondary N) is 1. The van der Waals surface area contributed by atoms with Crippen molar-refractivity contribution in [2.75, 3.05) is 6.61 Å². The number of nitrogens with zero attached hydrogens (tertiary/aromatic N) is 2. The molecule has 32 heavy (non-hydrogen) atoms. The van der Waals surface area contributed by atoms with Crippen molar-refractivity contribution in [1.82, 2.24) is 15.3 Å². The van der Waals surface area contributed by atoms with Crippen LogP contribution in [0.25, 0.3) is 11.0 Å². The zero-order valence-electron chi connectivity index (χ0n) is 16.8. The number of carbonyl (C=O) groups excluding carboxylic acids is 2. The molecule has 0 spiro atoms. The molecule has 3 rings (SSSR count). The molecule has 2 heterocycles. The predicted octanol–water partition coefficient (Wildman–Crippen LogP) is 4.31. The van der Waals surface area contributed by atoms with Gasteiger partial charge in [0.15, 0.2) is 6.10 Å². The van der Waals surface area contributed by atoms with Crippen LogP contribution in [0.1, 0.15) is 40.3 Å². The van der Waals surface area contributed by atoms with Gasteiger partial charge in [0, 0.05) is 16.6 Å². The third-order valence-corrected chi connectivity index (χ3v) is 4.44. The van der Waals surface area contributed by atoms with E-state index in [1.165, 1.54) is 24.7 Å². The molecule has 0 saturated heterocycles. The zero-order valence-corrected chi connectivity index (χ0v) is 17.6. The molecule has 0 bridgehead atoms. The maximum atomic E-state index is 12.7.